The van der Waals surface area contributed by atoms with E-state index in [0.717, 1.165) is 17.8 Å². The quantitative estimate of drug-likeness (QED) is 0.358. The number of fused-ring (bicyclic) bond motifs is 1. The fraction of sp³-hybridized carbons (Fsp3) is 0.333. The molecule has 2 unspecified atom stereocenters. The second-order valence-corrected chi connectivity index (χ2v) is 10.1. The molecular weight excluding hydrogens is 556 g/mol. The number of hydrogen-bond donors (Lipinski definition) is 1. The zero-order valence-electron chi connectivity index (χ0n) is 23.2. The molecule has 5 rings (SSSR count). The molecule has 3 aromatic carbocycles. The van der Waals surface area contributed by atoms with Gasteiger partial charge in [0.1, 0.15) is 23.0 Å². The molecule has 0 aliphatic carbocycles. The first-order chi connectivity index (χ1) is 20.0. The van der Waals surface area contributed by atoms with E-state index in [1.807, 2.05) is 29.2 Å². The van der Waals surface area contributed by atoms with Crippen LogP contribution in [-0.2, 0) is 11.0 Å². The molecule has 8 nitrogen and oxygen atoms in total. The molecule has 12 heteroatoms. The largest absolute Gasteiger partial charge is 0.497 e. The Bertz CT molecular complexity index is 1500. The molecule has 0 radical (unpaired) electrons. The second kappa shape index (κ2) is 11.4. The number of methoxy groups -OCH3 is 2. The zero-order chi connectivity index (χ0) is 30.2. The number of aliphatic imine (C=N–C) groups is 1. The van der Waals surface area contributed by atoms with Crippen molar-refractivity contribution >= 4 is 29.0 Å². The molecule has 1 N–H and O–H groups in total. The van der Waals surface area contributed by atoms with Crippen LogP contribution in [0, 0.1) is 11.7 Å². The van der Waals surface area contributed by atoms with E-state index in [-0.39, 0.29) is 28.6 Å². The zero-order valence-corrected chi connectivity index (χ0v) is 23.2. The Kier molecular flexibility index (Phi) is 7.89. The molecule has 2 aliphatic rings. The molecule has 0 amide bonds. The molecule has 222 valence electrons. The van der Waals surface area contributed by atoms with E-state index in [2.05, 4.69) is 9.89 Å². The van der Waals surface area contributed by atoms with Crippen LogP contribution in [0.3, 0.4) is 0 Å². The van der Waals surface area contributed by atoms with Crippen LogP contribution in [0.2, 0.25) is 0 Å². The first-order valence-electron chi connectivity index (χ1n) is 13.3. The number of nitrogens with zero attached hydrogens (tertiary/aromatic N) is 4. The van der Waals surface area contributed by atoms with E-state index < -0.39 is 35.5 Å². The highest BCUT2D eigenvalue weighted by Crippen LogP contribution is 2.47. The van der Waals surface area contributed by atoms with Crippen molar-refractivity contribution in [2.45, 2.75) is 19.1 Å². The van der Waals surface area contributed by atoms with Crippen LogP contribution in [0.1, 0.15) is 24.1 Å². The van der Waals surface area contributed by atoms with Gasteiger partial charge in [0.15, 0.2) is 0 Å². The van der Waals surface area contributed by atoms with E-state index in [1.54, 1.807) is 13.2 Å². The summed E-state index contributed by atoms with van der Waals surface area (Å²) in [5.74, 6) is -2.07. The van der Waals surface area contributed by atoms with Gasteiger partial charge >= 0.3 is 12.1 Å². The summed E-state index contributed by atoms with van der Waals surface area (Å²) in [5, 5.41) is 10.1. The average molecular weight is 587 g/mol. The van der Waals surface area contributed by atoms with E-state index in [0.29, 0.717) is 31.9 Å². The van der Waals surface area contributed by atoms with Crippen LogP contribution in [0.4, 0.5) is 34.6 Å². The van der Waals surface area contributed by atoms with Crippen molar-refractivity contribution in [2.24, 2.45) is 10.9 Å². The summed E-state index contributed by atoms with van der Waals surface area (Å²) in [6.07, 6.45) is -4.67. The Morgan fingerprint density at radius 3 is 2.31 bits per heavy atom. The van der Waals surface area contributed by atoms with Gasteiger partial charge in [0.25, 0.3) is 0 Å². The topological polar surface area (TPSA) is 77.8 Å². The number of alkyl halides is 3. The van der Waals surface area contributed by atoms with Crippen LogP contribution in [0.5, 0.6) is 11.5 Å². The summed E-state index contributed by atoms with van der Waals surface area (Å²) >= 11 is 0. The number of halogens is 4. The molecule has 2 atom stereocenters. The molecule has 0 aromatic heterocycles. The number of guanidine groups is 1. The summed E-state index contributed by atoms with van der Waals surface area (Å²) in [5.41, 5.74) is 0.192. The highest BCUT2D eigenvalue weighted by molar-refractivity contribution is 6.02. The molecule has 1 fully saturated rings. The average Bonchev–Trinajstić information content (AvgIpc) is 2.99. The van der Waals surface area contributed by atoms with Gasteiger partial charge in [0.05, 0.1) is 37.4 Å². The summed E-state index contributed by atoms with van der Waals surface area (Å²) in [6.45, 7) is 3.24. The van der Waals surface area contributed by atoms with Gasteiger partial charge in [-0.25, -0.2) is 9.38 Å². The second-order valence-electron chi connectivity index (χ2n) is 10.1. The van der Waals surface area contributed by atoms with Gasteiger partial charge in [-0.15, -0.1) is 0 Å². The molecule has 0 saturated carbocycles. The Labute approximate surface area is 240 Å². The van der Waals surface area contributed by atoms with Crippen molar-refractivity contribution in [1.82, 2.24) is 4.90 Å². The third-order valence-electron chi connectivity index (χ3n) is 7.65. The predicted molar refractivity (Wildman–Crippen MR) is 150 cm³/mol. The number of aliphatic carboxylic acids is 1. The minimum Gasteiger partial charge on any atom is -0.497 e. The number of anilines is 2. The smallest absolute Gasteiger partial charge is 0.416 e. The maximum atomic E-state index is 15.2. The van der Waals surface area contributed by atoms with Crippen molar-refractivity contribution in [1.29, 1.82) is 0 Å². The summed E-state index contributed by atoms with van der Waals surface area (Å²) < 4.78 is 67.7. The van der Waals surface area contributed by atoms with Crippen molar-refractivity contribution in [3.05, 3.63) is 77.6 Å². The molecule has 0 spiro atoms. The SMILES string of the molecule is COc1cccc(N2CCN(C3=Nc4c(F)cccc4C(C(C)C(=O)O)N3c3cc(C(F)(F)F)ccc3OC)CC2)c1. The van der Waals surface area contributed by atoms with Gasteiger partial charge in [-0.05, 0) is 43.3 Å². The minimum absolute atomic E-state index is 0.0192. The molecule has 1 saturated heterocycles. The van der Waals surface area contributed by atoms with Gasteiger partial charge in [-0.3, -0.25) is 4.79 Å². The third kappa shape index (κ3) is 5.40. The Hall–Kier alpha value is -4.48. The Balaban J connectivity index is 1.63. The van der Waals surface area contributed by atoms with Crippen LogP contribution in [-0.4, -0.2) is 62.3 Å². The van der Waals surface area contributed by atoms with Crippen LogP contribution < -0.4 is 19.3 Å². The van der Waals surface area contributed by atoms with E-state index in [9.17, 15) is 23.1 Å². The van der Waals surface area contributed by atoms with Crippen LogP contribution >= 0.6 is 0 Å². The van der Waals surface area contributed by atoms with Gasteiger partial charge < -0.3 is 29.3 Å². The molecule has 42 heavy (non-hydrogen) atoms. The number of para-hydroxylation sites is 1. The first kappa shape index (κ1) is 29.0. The van der Waals surface area contributed by atoms with Gasteiger partial charge in [0, 0.05) is 43.5 Å². The number of hydrogen-bond acceptors (Lipinski definition) is 7. The maximum Gasteiger partial charge on any atom is 0.416 e. The van der Waals surface area contributed by atoms with E-state index >= 15 is 4.39 Å². The molecule has 2 aliphatic heterocycles. The number of piperazine rings is 1. The van der Waals surface area contributed by atoms with Crippen molar-refractivity contribution in [2.75, 3.05) is 50.2 Å². The van der Waals surface area contributed by atoms with Crippen LogP contribution in [0.15, 0.2) is 65.7 Å². The number of rotatable bonds is 6. The highest BCUT2D eigenvalue weighted by Gasteiger charge is 2.43. The summed E-state index contributed by atoms with van der Waals surface area (Å²) in [6, 6.07) is 13.7. The minimum atomic E-state index is -4.67. The number of carbonyl (C=O) groups is 1. The summed E-state index contributed by atoms with van der Waals surface area (Å²) in [7, 11) is 2.91. The number of carboxylic acid groups (broad SMARTS) is 1. The number of carboxylic acids is 1. The first-order valence-corrected chi connectivity index (χ1v) is 13.3. The lowest BCUT2D eigenvalue weighted by atomic mass is 9.89. The standard InChI is InChI=1S/C30H30F4N4O4/c1-18(28(39)40)27-22-8-5-9-23(31)26(22)35-29(38(27)24-16-19(30(32,33)34)10-11-25(24)42-3)37-14-12-36(13-15-37)20-6-4-7-21(17-20)41-2/h4-11,16-18,27H,12-15H2,1-3H3,(H,39,40). The fourth-order valence-electron chi connectivity index (χ4n) is 5.44. The Morgan fingerprint density at radius 1 is 0.976 bits per heavy atom. The third-order valence-corrected chi connectivity index (χ3v) is 7.65. The van der Waals surface area contributed by atoms with Crippen LogP contribution in [0.25, 0.3) is 0 Å². The van der Waals surface area contributed by atoms with Gasteiger partial charge in [0.2, 0.25) is 5.96 Å². The number of ether oxygens (including phenoxy) is 2. The Morgan fingerprint density at radius 2 is 1.67 bits per heavy atom. The molecule has 2 heterocycles. The van der Waals surface area contributed by atoms with Crippen molar-refractivity contribution in [3.8, 4) is 11.5 Å². The normalized spacial score (nSPS) is 17.8. The van der Waals surface area contributed by atoms with E-state index in [1.165, 1.54) is 37.1 Å². The van der Waals surface area contributed by atoms with E-state index in [4.69, 9.17) is 9.47 Å². The maximum absolute atomic E-state index is 15.2. The molecular formula is C30H30F4N4O4. The van der Waals surface area contributed by atoms with Crippen molar-refractivity contribution in [3.63, 3.8) is 0 Å². The highest BCUT2D eigenvalue weighted by atomic mass is 19.4. The van der Waals surface area contributed by atoms with Gasteiger partial charge in [-0.2, -0.15) is 13.2 Å². The monoisotopic (exact) mass is 586 g/mol. The lowest BCUT2D eigenvalue weighted by molar-refractivity contribution is -0.142. The number of benzene rings is 3. The van der Waals surface area contributed by atoms with Crippen molar-refractivity contribution < 1.29 is 36.9 Å². The molecule has 3 aromatic rings. The lowest BCUT2D eigenvalue weighted by Gasteiger charge is -2.46. The lowest BCUT2D eigenvalue weighted by Crippen LogP contribution is -2.56. The van der Waals surface area contributed by atoms with Gasteiger partial charge in [-0.1, -0.05) is 18.2 Å². The molecule has 0 bridgehead atoms. The fourth-order valence-corrected chi connectivity index (χ4v) is 5.44. The summed E-state index contributed by atoms with van der Waals surface area (Å²) in [4.78, 5) is 22.4. The predicted octanol–water partition coefficient (Wildman–Crippen LogP) is 5.95.